The lowest BCUT2D eigenvalue weighted by atomic mass is 10.2. The predicted molar refractivity (Wildman–Crippen MR) is 92.3 cm³/mol. The van der Waals surface area contributed by atoms with Gasteiger partial charge in [-0.15, -0.1) is 0 Å². The van der Waals surface area contributed by atoms with Crippen LogP contribution in [0.3, 0.4) is 0 Å². The van der Waals surface area contributed by atoms with Gasteiger partial charge >= 0.3 is 5.97 Å². The molecule has 6 nitrogen and oxygen atoms in total. The maximum absolute atomic E-state index is 12.2. The molecule has 0 spiro atoms. The number of hydrogen-bond donors (Lipinski definition) is 1. The van der Waals surface area contributed by atoms with Crippen LogP contribution in [-0.2, 0) is 9.53 Å². The van der Waals surface area contributed by atoms with Crippen LogP contribution in [0, 0.1) is 11.3 Å². The molecule has 0 saturated carbocycles. The average molecular weight is 338 g/mol. The summed E-state index contributed by atoms with van der Waals surface area (Å²) in [7, 11) is 0. The summed E-state index contributed by atoms with van der Waals surface area (Å²) in [5.41, 5.74) is 1.03. The highest BCUT2D eigenvalue weighted by molar-refractivity contribution is 5.98. The van der Waals surface area contributed by atoms with E-state index in [0.717, 1.165) is 0 Å². The normalized spacial score (nSPS) is 11.1. The van der Waals surface area contributed by atoms with Crippen molar-refractivity contribution < 1.29 is 19.1 Å². The maximum Gasteiger partial charge on any atom is 0.338 e. The summed E-state index contributed by atoms with van der Waals surface area (Å²) in [5.74, 6) is -0.473. The van der Waals surface area contributed by atoms with Crippen LogP contribution in [0.15, 0.2) is 48.5 Å². The zero-order chi connectivity index (χ0) is 18.2. The smallest absolute Gasteiger partial charge is 0.338 e. The molecular formula is C19H18N2O4. The molecule has 0 radical (unpaired) electrons. The molecule has 0 saturated heterocycles. The summed E-state index contributed by atoms with van der Waals surface area (Å²) in [4.78, 5) is 24.3. The van der Waals surface area contributed by atoms with Gasteiger partial charge in [-0.05, 0) is 50.2 Å². The first-order chi connectivity index (χ1) is 12.0. The number of carbonyl (C=O) groups excluding carboxylic acids is 2. The highest BCUT2D eigenvalue weighted by Crippen LogP contribution is 2.16. The second-order valence-corrected chi connectivity index (χ2v) is 5.15. The third-order valence-electron chi connectivity index (χ3n) is 3.36. The molecular weight excluding hydrogens is 320 g/mol. The van der Waals surface area contributed by atoms with Crippen LogP contribution >= 0.6 is 0 Å². The summed E-state index contributed by atoms with van der Waals surface area (Å²) in [6, 6.07) is 15.1. The average Bonchev–Trinajstić information content (AvgIpc) is 2.63. The molecule has 2 aromatic rings. The topological polar surface area (TPSA) is 88.4 Å². The summed E-state index contributed by atoms with van der Waals surface area (Å²) < 4.78 is 10.5. The van der Waals surface area contributed by atoms with Crippen LogP contribution < -0.4 is 10.1 Å². The fraction of sp³-hybridized carbons (Fsp3) is 0.211. The van der Waals surface area contributed by atoms with Crippen molar-refractivity contribution in [2.24, 2.45) is 0 Å². The molecule has 1 N–H and O–H groups in total. The molecule has 0 aliphatic heterocycles. The van der Waals surface area contributed by atoms with Gasteiger partial charge in [0.2, 0.25) is 0 Å². The first-order valence-corrected chi connectivity index (χ1v) is 7.79. The van der Waals surface area contributed by atoms with E-state index >= 15 is 0 Å². The minimum atomic E-state index is -1.01. The lowest BCUT2D eigenvalue weighted by Gasteiger charge is -2.14. The molecule has 25 heavy (non-hydrogen) atoms. The Bertz CT molecular complexity index is 794. The van der Waals surface area contributed by atoms with Crippen LogP contribution in [-0.4, -0.2) is 24.6 Å². The largest absolute Gasteiger partial charge is 0.494 e. The van der Waals surface area contributed by atoms with Crippen LogP contribution in [0.5, 0.6) is 5.75 Å². The molecule has 0 bridgehead atoms. The van der Waals surface area contributed by atoms with Gasteiger partial charge in [0.05, 0.1) is 23.4 Å². The predicted octanol–water partition coefficient (Wildman–Crippen LogP) is 3.14. The van der Waals surface area contributed by atoms with Crippen LogP contribution in [0.2, 0.25) is 0 Å². The van der Waals surface area contributed by atoms with Crippen molar-refractivity contribution >= 4 is 17.6 Å². The van der Waals surface area contributed by atoms with Gasteiger partial charge in [0.25, 0.3) is 5.91 Å². The molecule has 1 amide bonds. The molecule has 0 unspecified atom stereocenters. The molecule has 0 heterocycles. The Morgan fingerprint density at radius 3 is 2.48 bits per heavy atom. The third kappa shape index (κ3) is 4.82. The zero-order valence-electron chi connectivity index (χ0n) is 14.0. The van der Waals surface area contributed by atoms with Gasteiger partial charge in [-0.25, -0.2) is 4.79 Å². The van der Waals surface area contributed by atoms with E-state index < -0.39 is 18.0 Å². The molecule has 1 atom stereocenters. The number of anilines is 1. The fourth-order valence-corrected chi connectivity index (χ4v) is 2.06. The Hall–Kier alpha value is -3.33. The number of rotatable bonds is 6. The Morgan fingerprint density at radius 1 is 1.16 bits per heavy atom. The molecule has 2 aromatic carbocycles. The Kier molecular flexibility index (Phi) is 6.13. The highest BCUT2D eigenvalue weighted by Gasteiger charge is 2.20. The number of nitrogens with one attached hydrogen (secondary N) is 1. The monoisotopic (exact) mass is 338 g/mol. The number of ether oxygens (including phenoxy) is 2. The van der Waals surface area contributed by atoms with E-state index in [1.165, 1.54) is 6.92 Å². The highest BCUT2D eigenvalue weighted by atomic mass is 16.5. The number of benzene rings is 2. The van der Waals surface area contributed by atoms with E-state index in [0.29, 0.717) is 29.2 Å². The standard InChI is InChI=1S/C19H18N2O4/c1-3-24-16-10-8-14(9-11-16)19(23)25-13(2)18(22)21-17-7-5-4-6-15(17)12-20/h4-11,13H,3H2,1-2H3,(H,21,22)/t13-/m1/s1. The summed E-state index contributed by atoms with van der Waals surface area (Å²) in [6.07, 6.45) is -1.01. The molecule has 0 fully saturated rings. The Morgan fingerprint density at radius 2 is 1.84 bits per heavy atom. The molecule has 0 aliphatic carbocycles. The Labute approximate surface area is 146 Å². The number of carbonyl (C=O) groups is 2. The Balaban J connectivity index is 1.98. The summed E-state index contributed by atoms with van der Waals surface area (Å²) in [6.45, 7) is 3.87. The van der Waals surface area contributed by atoms with Gasteiger partial charge in [0, 0.05) is 0 Å². The van der Waals surface area contributed by atoms with E-state index in [9.17, 15) is 9.59 Å². The van der Waals surface area contributed by atoms with Gasteiger partial charge < -0.3 is 14.8 Å². The number of esters is 1. The van der Waals surface area contributed by atoms with E-state index in [1.54, 1.807) is 48.5 Å². The van der Waals surface area contributed by atoms with E-state index in [2.05, 4.69) is 5.32 Å². The van der Waals surface area contributed by atoms with Crippen LogP contribution in [0.25, 0.3) is 0 Å². The number of amides is 1. The van der Waals surface area contributed by atoms with Crippen molar-refractivity contribution in [2.75, 3.05) is 11.9 Å². The van der Waals surface area contributed by atoms with E-state index in [4.69, 9.17) is 14.7 Å². The fourth-order valence-electron chi connectivity index (χ4n) is 2.06. The summed E-state index contributed by atoms with van der Waals surface area (Å²) >= 11 is 0. The van der Waals surface area contributed by atoms with Crippen molar-refractivity contribution in [1.82, 2.24) is 0 Å². The van der Waals surface area contributed by atoms with Gasteiger partial charge in [0.15, 0.2) is 6.10 Å². The molecule has 0 aromatic heterocycles. The van der Waals surface area contributed by atoms with Crippen molar-refractivity contribution in [3.8, 4) is 11.8 Å². The minimum absolute atomic E-state index is 0.320. The number of para-hydroxylation sites is 1. The summed E-state index contributed by atoms with van der Waals surface area (Å²) in [5, 5.41) is 11.6. The first kappa shape index (κ1) is 18.0. The van der Waals surface area contributed by atoms with E-state index in [1.807, 2.05) is 13.0 Å². The van der Waals surface area contributed by atoms with Crippen molar-refractivity contribution in [1.29, 1.82) is 5.26 Å². The molecule has 2 rings (SSSR count). The minimum Gasteiger partial charge on any atom is -0.494 e. The molecule has 128 valence electrons. The van der Waals surface area contributed by atoms with Crippen LogP contribution in [0.4, 0.5) is 5.69 Å². The van der Waals surface area contributed by atoms with Crippen molar-refractivity contribution in [3.05, 3.63) is 59.7 Å². The van der Waals surface area contributed by atoms with Crippen molar-refractivity contribution in [2.45, 2.75) is 20.0 Å². The zero-order valence-corrected chi connectivity index (χ0v) is 14.0. The van der Waals surface area contributed by atoms with Crippen LogP contribution in [0.1, 0.15) is 29.8 Å². The quantitative estimate of drug-likeness (QED) is 0.818. The second kappa shape index (κ2) is 8.50. The van der Waals surface area contributed by atoms with Gasteiger partial charge in [0.1, 0.15) is 11.8 Å². The molecule has 0 aliphatic rings. The number of nitrogens with zero attached hydrogens (tertiary/aromatic N) is 1. The first-order valence-electron chi connectivity index (χ1n) is 7.79. The van der Waals surface area contributed by atoms with Gasteiger partial charge in [-0.2, -0.15) is 5.26 Å². The number of hydrogen-bond acceptors (Lipinski definition) is 5. The van der Waals surface area contributed by atoms with E-state index in [-0.39, 0.29) is 0 Å². The van der Waals surface area contributed by atoms with Gasteiger partial charge in [-0.3, -0.25) is 4.79 Å². The van der Waals surface area contributed by atoms with Crippen molar-refractivity contribution in [3.63, 3.8) is 0 Å². The maximum atomic E-state index is 12.2. The van der Waals surface area contributed by atoms with Gasteiger partial charge in [-0.1, -0.05) is 12.1 Å². The number of nitriles is 1. The lowest BCUT2D eigenvalue weighted by Crippen LogP contribution is -2.30. The lowest BCUT2D eigenvalue weighted by molar-refractivity contribution is -0.123. The SMILES string of the molecule is CCOc1ccc(C(=O)O[C@H](C)C(=O)Nc2ccccc2C#N)cc1. The molecule has 6 heteroatoms. The third-order valence-corrected chi connectivity index (χ3v) is 3.36. The second-order valence-electron chi connectivity index (χ2n) is 5.15.